The van der Waals surface area contributed by atoms with Crippen molar-refractivity contribution in [3.8, 4) is 0 Å². The van der Waals surface area contributed by atoms with Gasteiger partial charge in [-0.05, 0) is 31.1 Å². The first-order valence-corrected chi connectivity index (χ1v) is 10.9. The summed E-state index contributed by atoms with van der Waals surface area (Å²) >= 11 is 2.07. The summed E-state index contributed by atoms with van der Waals surface area (Å²) in [4.78, 5) is 0. The third-order valence-corrected chi connectivity index (χ3v) is 5.25. The summed E-state index contributed by atoms with van der Waals surface area (Å²) in [6, 6.07) is 10.8. The molecule has 0 saturated heterocycles. The Bertz CT molecular complexity index is 388. The third-order valence-electron chi connectivity index (χ3n) is 4.14. The molecule has 0 aliphatic heterocycles. The molecule has 0 fully saturated rings. The summed E-state index contributed by atoms with van der Waals surface area (Å²) in [6.07, 6.45) is 16.5. The fraction of sp³-hybridized carbons (Fsp3) is 0.636. The van der Waals surface area contributed by atoms with Crippen molar-refractivity contribution in [3.05, 3.63) is 48.0 Å². The molecule has 0 aromatic heterocycles. The lowest BCUT2D eigenvalue weighted by Gasteiger charge is -2.04. The summed E-state index contributed by atoms with van der Waals surface area (Å²) in [6.45, 7) is 3.73. The predicted octanol–water partition coefficient (Wildman–Crippen LogP) is 7.02. The normalized spacial score (nSPS) is 11.4. The molecule has 0 radical (unpaired) electrons. The summed E-state index contributed by atoms with van der Waals surface area (Å²) < 4.78 is 5.51. The van der Waals surface area contributed by atoms with Crippen LogP contribution in [0.5, 0.6) is 0 Å². The number of unbranched alkanes of at least 4 members (excludes halogenated alkanes) is 8. The molecule has 1 nitrogen and oxygen atoms in total. The van der Waals surface area contributed by atoms with Crippen LogP contribution in [0.3, 0.4) is 0 Å². The van der Waals surface area contributed by atoms with Crippen molar-refractivity contribution in [3.63, 3.8) is 0 Å². The molecule has 0 heterocycles. The Morgan fingerprint density at radius 3 is 2.12 bits per heavy atom. The molecule has 0 saturated carbocycles. The second-order valence-corrected chi connectivity index (χ2v) is 7.47. The van der Waals surface area contributed by atoms with E-state index >= 15 is 0 Å². The first kappa shape index (κ1) is 21.3. The molecule has 0 spiro atoms. The topological polar surface area (TPSA) is 9.23 Å². The van der Waals surface area contributed by atoms with E-state index in [1.165, 1.54) is 74.9 Å². The van der Waals surface area contributed by atoms with E-state index in [1.807, 2.05) is 13.0 Å². The van der Waals surface area contributed by atoms with Gasteiger partial charge < -0.3 is 4.74 Å². The van der Waals surface area contributed by atoms with Crippen molar-refractivity contribution >= 4 is 11.8 Å². The van der Waals surface area contributed by atoms with Crippen molar-refractivity contribution in [2.45, 2.75) is 70.5 Å². The second kappa shape index (κ2) is 17.1. The quantitative estimate of drug-likeness (QED) is 0.234. The van der Waals surface area contributed by atoms with E-state index in [0.29, 0.717) is 0 Å². The van der Waals surface area contributed by atoms with E-state index in [9.17, 15) is 0 Å². The van der Waals surface area contributed by atoms with Crippen LogP contribution in [-0.2, 0) is 10.5 Å². The SMILES string of the molecule is C/C=C\COCCCCCCCCCCCSCc1ccccc1. The summed E-state index contributed by atoms with van der Waals surface area (Å²) in [7, 11) is 0. The Balaban J connectivity index is 1.72. The molecule has 0 aliphatic rings. The van der Waals surface area contributed by atoms with Crippen LogP contribution >= 0.6 is 11.8 Å². The van der Waals surface area contributed by atoms with Crippen LogP contribution in [0.2, 0.25) is 0 Å². The van der Waals surface area contributed by atoms with Crippen LogP contribution < -0.4 is 0 Å². The Kier molecular flexibility index (Phi) is 15.2. The summed E-state index contributed by atoms with van der Waals surface area (Å²) in [5, 5.41) is 0. The number of hydrogen-bond acceptors (Lipinski definition) is 2. The number of allylic oxidation sites excluding steroid dienone is 1. The molecule has 0 amide bonds. The Labute approximate surface area is 154 Å². The van der Waals surface area contributed by atoms with E-state index in [0.717, 1.165) is 13.2 Å². The van der Waals surface area contributed by atoms with Gasteiger partial charge in [0, 0.05) is 12.4 Å². The third kappa shape index (κ3) is 13.7. The molecule has 24 heavy (non-hydrogen) atoms. The van der Waals surface area contributed by atoms with Crippen molar-refractivity contribution in [2.24, 2.45) is 0 Å². The zero-order valence-electron chi connectivity index (χ0n) is 15.6. The van der Waals surface area contributed by atoms with E-state index in [1.54, 1.807) is 0 Å². The first-order chi connectivity index (χ1) is 11.9. The standard InChI is InChI=1S/C22H36OS/c1-2-3-18-23-19-14-9-7-5-4-6-8-10-15-20-24-21-22-16-12-11-13-17-22/h2-3,11-13,16-17H,4-10,14-15,18-21H2,1H3/b3-2-. The largest absolute Gasteiger partial charge is 0.377 e. The number of hydrogen-bond donors (Lipinski definition) is 0. The van der Waals surface area contributed by atoms with Crippen LogP contribution in [0.1, 0.15) is 70.3 Å². The maximum absolute atomic E-state index is 5.51. The van der Waals surface area contributed by atoms with E-state index < -0.39 is 0 Å². The monoisotopic (exact) mass is 348 g/mol. The maximum Gasteiger partial charge on any atom is 0.0647 e. The van der Waals surface area contributed by atoms with Crippen molar-refractivity contribution in [2.75, 3.05) is 19.0 Å². The molecule has 0 atom stereocenters. The Hall–Kier alpha value is -0.730. The summed E-state index contributed by atoms with van der Waals surface area (Å²) in [5.41, 5.74) is 1.45. The maximum atomic E-state index is 5.51. The lowest BCUT2D eigenvalue weighted by atomic mass is 10.1. The van der Waals surface area contributed by atoms with Crippen LogP contribution in [0.4, 0.5) is 0 Å². The van der Waals surface area contributed by atoms with Gasteiger partial charge in [-0.2, -0.15) is 11.8 Å². The molecule has 2 heteroatoms. The van der Waals surface area contributed by atoms with Gasteiger partial charge in [-0.15, -0.1) is 0 Å². The van der Waals surface area contributed by atoms with Crippen LogP contribution in [0.25, 0.3) is 0 Å². The average Bonchev–Trinajstić information content (AvgIpc) is 2.62. The zero-order valence-corrected chi connectivity index (χ0v) is 16.4. The number of rotatable bonds is 16. The lowest BCUT2D eigenvalue weighted by Crippen LogP contribution is -1.94. The number of benzene rings is 1. The first-order valence-electron chi connectivity index (χ1n) is 9.74. The Morgan fingerprint density at radius 2 is 1.46 bits per heavy atom. The van der Waals surface area contributed by atoms with Gasteiger partial charge in [0.05, 0.1) is 6.61 Å². The molecule has 1 aromatic carbocycles. The van der Waals surface area contributed by atoms with Gasteiger partial charge >= 0.3 is 0 Å². The van der Waals surface area contributed by atoms with Gasteiger partial charge in [0.25, 0.3) is 0 Å². The number of ether oxygens (including phenoxy) is 1. The molecule has 0 aliphatic carbocycles. The molecular formula is C22H36OS. The van der Waals surface area contributed by atoms with Crippen LogP contribution in [-0.4, -0.2) is 19.0 Å². The van der Waals surface area contributed by atoms with Gasteiger partial charge in [0.2, 0.25) is 0 Å². The molecule has 1 rings (SSSR count). The minimum atomic E-state index is 0.778. The lowest BCUT2D eigenvalue weighted by molar-refractivity contribution is 0.157. The van der Waals surface area contributed by atoms with E-state index in [2.05, 4.69) is 48.2 Å². The van der Waals surface area contributed by atoms with Crippen molar-refractivity contribution in [1.29, 1.82) is 0 Å². The zero-order chi connectivity index (χ0) is 17.1. The minimum absolute atomic E-state index is 0.778. The highest BCUT2D eigenvalue weighted by Crippen LogP contribution is 2.15. The molecule has 1 aromatic rings. The summed E-state index contributed by atoms with van der Waals surface area (Å²) in [5.74, 6) is 2.47. The number of thioether (sulfide) groups is 1. The van der Waals surface area contributed by atoms with Crippen molar-refractivity contribution in [1.82, 2.24) is 0 Å². The molecule has 0 unspecified atom stereocenters. The highest BCUT2D eigenvalue weighted by atomic mass is 32.2. The van der Waals surface area contributed by atoms with Crippen molar-refractivity contribution < 1.29 is 4.74 Å². The van der Waals surface area contributed by atoms with Gasteiger partial charge in [-0.3, -0.25) is 0 Å². The highest BCUT2D eigenvalue weighted by Gasteiger charge is 1.95. The Morgan fingerprint density at radius 1 is 0.833 bits per heavy atom. The molecule has 0 N–H and O–H groups in total. The highest BCUT2D eigenvalue weighted by molar-refractivity contribution is 7.98. The molecule has 136 valence electrons. The second-order valence-electron chi connectivity index (χ2n) is 6.36. The van der Waals surface area contributed by atoms with Gasteiger partial charge in [-0.1, -0.05) is 87.4 Å². The fourth-order valence-corrected chi connectivity index (χ4v) is 3.64. The average molecular weight is 349 g/mol. The van der Waals surface area contributed by atoms with Gasteiger partial charge in [0.15, 0.2) is 0 Å². The van der Waals surface area contributed by atoms with E-state index in [4.69, 9.17) is 4.74 Å². The predicted molar refractivity (Wildman–Crippen MR) is 110 cm³/mol. The van der Waals surface area contributed by atoms with Gasteiger partial charge in [0.1, 0.15) is 0 Å². The molecule has 0 bridgehead atoms. The minimum Gasteiger partial charge on any atom is -0.377 e. The van der Waals surface area contributed by atoms with Crippen LogP contribution in [0, 0.1) is 0 Å². The molecular weight excluding hydrogens is 312 g/mol. The smallest absolute Gasteiger partial charge is 0.0647 e. The van der Waals surface area contributed by atoms with E-state index in [-0.39, 0.29) is 0 Å². The fourth-order valence-electron chi connectivity index (χ4n) is 2.66. The van der Waals surface area contributed by atoms with Gasteiger partial charge in [-0.25, -0.2) is 0 Å². The van der Waals surface area contributed by atoms with Crippen LogP contribution in [0.15, 0.2) is 42.5 Å².